The number of hydrogen-bond acceptors (Lipinski definition) is 25. The van der Waals surface area contributed by atoms with E-state index in [1.165, 1.54) is 42.5 Å². The zero-order valence-corrected chi connectivity index (χ0v) is 51.3. The summed E-state index contributed by atoms with van der Waals surface area (Å²) in [5, 5.41) is 113. The molecule has 90 heavy (non-hydrogen) atoms. The molecular formula is C58H78N10O20S2. The van der Waals surface area contributed by atoms with Crippen LogP contribution in [0, 0.1) is 5.92 Å². The topological polar surface area (TPSA) is 446 Å². The smallest absolute Gasteiger partial charge is 0.261 e. The van der Waals surface area contributed by atoms with Gasteiger partial charge < -0.3 is 91.5 Å². The SMILES string of the molecule is COCCCCCCCOc1ccc(-c2nnc(-c3ccc(C(=O)N[C@H]4C[C@H](O)CNC(=O)[C@@H]5[C@@H](O)[C@H](C)CN5C(=O)[C@H]([C@H](O)CCN)NC(=O)[C@H]([C@H](O)Cc5ccc(O)c(OSOOO)c5)NC(=O)[C@@H]5C[C@H](O)CN5C(=O)[C@H]([C@@H](C)O)NC4=O)cc3)s2)cc1. The summed E-state index contributed by atoms with van der Waals surface area (Å²) in [5.41, 5.74) is 7.33. The van der Waals surface area contributed by atoms with Crippen molar-refractivity contribution in [1.29, 1.82) is 0 Å². The number of nitrogens with zero attached hydrogens (tertiary/aromatic N) is 4. The number of carbonyl (C=O) groups excluding carboxylic acids is 7. The van der Waals surface area contributed by atoms with Crippen molar-refractivity contribution in [3.8, 4) is 38.4 Å². The molecule has 0 radical (unpaired) electrons. The van der Waals surface area contributed by atoms with E-state index < -0.39 is 158 Å². The van der Waals surface area contributed by atoms with Crippen LogP contribution in [0.2, 0.25) is 0 Å². The van der Waals surface area contributed by atoms with Crippen LogP contribution in [0.15, 0.2) is 66.7 Å². The molecule has 0 bridgehead atoms. The van der Waals surface area contributed by atoms with Crippen LogP contribution in [-0.2, 0) is 49.3 Å². The van der Waals surface area contributed by atoms with Crippen molar-refractivity contribution >= 4 is 65.0 Å². The number of aliphatic hydroxyl groups is 6. The van der Waals surface area contributed by atoms with Gasteiger partial charge >= 0.3 is 0 Å². The van der Waals surface area contributed by atoms with Gasteiger partial charge in [0.1, 0.15) is 52.0 Å². The predicted octanol–water partition coefficient (Wildman–Crippen LogP) is -0.786. The number of methoxy groups -OCH3 is 1. The van der Waals surface area contributed by atoms with Crippen molar-refractivity contribution in [3.05, 3.63) is 77.9 Å². The fourth-order valence-corrected chi connectivity index (χ4v) is 11.8. The summed E-state index contributed by atoms with van der Waals surface area (Å²) >= 11 is 1.38. The van der Waals surface area contributed by atoms with Gasteiger partial charge in [-0.3, -0.25) is 33.6 Å². The van der Waals surface area contributed by atoms with Gasteiger partial charge in [0.25, 0.3) is 18.2 Å². The molecule has 3 aromatic carbocycles. The minimum absolute atomic E-state index is 0.0207. The second kappa shape index (κ2) is 33.8. The Bertz CT molecular complexity index is 3060. The molecule has 3 saturated heterocycles. The van der Waals surface area contributed by atoms with Crippen molar-refractivity contribution in [1.82, 2.24) is 46.6 Å². The summed E-state index contributed by atoms with van der Waals surface area (Å²) in [5.74, 6) is -8.61. The number of aromatic hydroxyl groups is 1. The minimum Gasteiger partial charge on any atom is -0.504 e. The van der Waals surface area contributed by atoms with Crippen molar-refractivity contribution in [3.63, 3.8) is 0 Å². The van der Waals surface area contributed by atoms with E-state index in [1.54, 1.807) is 19.2 Å². The molecule has 0 aliphatic carbocycles. The molecule has 0 spiro atoms. The summed E-state index contributed by atoms with van der Waals surface area (Å²) in [4.78, 5) is 103. The number of hydrogen-bond donors (Lipinski definition) is 14. The quantitative estimate of drug-likeness (QED) is 0.0177. The van der Waals surface area contributed by atoms with Crippen LogP contribution in [0.5, 0.6) is 17.2 Å². The highest BCUT2D eigenvalue weighted by atomic mass is 32.2. The largest absolute Gasteiger partial charge is 0.504 e. The molecule has 4 heterocycles. The van der Waals surface area contributed by atoms with Crippen LogP contribution >= 0.6 is 23.7 Å². The standard InChI is InChI=1S/C58H78N10O20S2/c1-30-28-68-48(49(30)75)54(80)60-27-36(70)25-39(61-50(76)33-10-12-34(13-11-33)55-65-66-56(89-55)35-14-16-38(17-15-35)85-22-8-6-4-5-7-21-84-3)51(77)62-45(31(2)69)57(81)67-29-37(71)26-40(67)52(78)63-46(53(79)64-47(58(68)82)42(73)19-20-59)43(74)23-32-9-18-41(72)44(24-32)86-90-88-87-83/h9-18,24,30-31,36-37,39-40,42-43,45-49,69-75,83H,4-8,19-23,25-29,59H2,1-3H3,(H,60,80)(H,61,76)(H,62,77)(H,63,78)(H,64,79)/t30-,31-,36+,37+,39+,40+,42-,43-,45+,46+,47+,48+,49+/m1/s1. The Balaban J connectivity index is 1.14. The maximum Gasteiger partial charge on any atom is 0.261 e. The summed E-state index contributed by atoms with van der Waals surface area (Å²) in [7, 11) is 1.70. The van der Waals surface area contributed by atoms with E-state index in [0.29, 0.717) is 22.2 Å². The van der Waals surface area contributed by atoms with Crippen LogP contribution in [0.25, 0.3) is 21.1 Å². The highest BCUT2D eigenvalue weighted by molar-refractivity contribution is 7.90. The molecule has 13 atom stereocenters. The van der Waals surface area contributed by atoms with Crippen LogP contribution < -0.4 is 41.2 Å². The van der Waals surface area contributed by atoms with Crippen LogP contribution in [-0.4, -0.2) is 222 Å². The number of aliphatic hydroxyl groups excluding tert-OH is 6. The van der Waals surface area contributed by atoms with Gasteiger partial charge in [-0.05, 0) is 86.8 Å². The highest BCUT2D eigenvalue weighted by Gasteiger charge is 2.50. The monoisotopic (exact) mass is 1300 g/mol. The number of phenols is 1. The molecule has 3 aliphatic rings. The zero-order valence-electron chi connectivity index (χ0n) is 49.6. The van der Waals surface area contributed by atoms with Gasteiger partial charge in [0, 0.05) is 75.2 Å². The first kappa shape index (κ1) is 70.3. The number of nitrogens with one attached hydrogen (secondary N) is 5. The van der Waals surface area contributed by atoms with Crippen molar-refractivity contribution in [2.75, 3.05) is 46.5 Å². The highest BCUT2D eigenvalue weighted by Crippen LogP contribution is 2.33. The number of benzene rings is 3. The Hall–Kier alpha value is -7.18. The fourth-order valence-electron chi connectivity index (χ4n) is 10.7. The van der Waals surface area contributed by atoms with E-state index >= 15 is 0 Å². The first-order valence-electron chi connectivity index (χ1n) is 29.3. The Morgan fingerprint density at radius 3 is 2.06 bits per heavy atom. The van der Waals surface area contributed by atoms with Gasteiger partial charge in [0.2, 0.25) is 35.4 Å². The van der Waals surface area contributed by atoms with E-state index in [9.17, 15) is 69.3 Å². The minimum atomic E-state index is -2.11. The van der Waals surface area contributed by atoms with E-state index in [-0.39, 0.29) is 48.7 Å². The molecular weight excluding hydrogens is 1220 g/mol. The average Bonchev–Trinajstić information content (AvgIpc) is 1.79. The lowest BCUT2D eigenvalue weighted by atomic mass is 9.98. The number of rotatable bonds is 24. The van der Waals surface area contributed by atoms with Crippen LogP contribution in [0.1, 0.15) is 81.1 Å². The number of amides is 7. The summed E-state index contributed by atoms with van der Waals surface area (Å²) in [6.45, 7) is 2.20. The molecule has 3 fully saturated rings. The van der Waals surface area contributed by atoms with Crippen LogP contribution in [0.3, 0.4) is 0 Å². The third kappa shape index (κ3) is 18.7. The number of ether oxygens (including phenoxy) is 2. The maximum atomic E-state index is 14.7. The van der Waals surface area contributed by atoms with E-state index in [1.807, 2.05) is 24.3 Å². The first-order valence-corrected chi connectivity index (χ1v) is 30.8. The Kier molecular flexibility index (Phi) is 26.4. The van der Waals surface area contributed by atoms with Crippen molar-refractivity contribution in [2.24, 2.45) is 11.7 Å². The van der Waals surface area contributed by atoms with Crippen LogP contribution in [0.4, 0.5) is 0 Å². The number of phenolic OH excluding ortho intramolecular Hbond substituents is 1. The lowest BCUT2D eigenvalue weighted by molar-refractivity contribution is -0.433. The Morgan fingerprint density at radius 1 is 0.767 bits per heavy atom. The lowest BCUT2D eigenvalue weighted by Crippen LogP contribution is -2.64. The number of carbonyl (C=O) groups is 7. The third-order valence-electron chi connectivity index (χ3n) is 15.5. The molecule has 32 heteroatoms. The Morgan fingerprint density at radius 2 is 1.40 bits per heavy atom. The first-order chi connectivity index (χ1) is 43.1. The van der Waals surface area contributed by atoms with Crippen molar-refractivity contribution in [2.45, 2.75) is 145 Å². The third-order valence-corrected chi connectivity index (χ3v) is 16.9. The average molecular weight is 1300 g/mol. The zero-order chi connectivity index (χ0) is 65.2. The molecule has 30 nitrogen and oxygen atoms in total. The van der Waals surface area contributed by atoms with E-state index in [0.717, 1.165) is 72.8 Å². The normalized spacial score (nSPS) is 25.0. The number of β-amino-alcohol motifs (C(OH)–C–C–N with tert-alkyl or cyclic N) is 1. The molecule has 15 N–H and O–H groups in total. The number of fused-ring (bicyclic) bond motifs is 2. The van der Waals surface area contributed by atoms with Gasteiger partial charge in [-0.15, -0.1) is 10.2 Å². The molecule has 7 rings (SSSR count). The molecule has 492 valence electrons. The predicted molar refractivity (Wildman–Crippen MR) is 321 cm³/mol. The number of unbranched alkanes of at least 4 members (excludes halogenated alkanes) is 4. The molecule has 0 saturated carbocycles. The van der Waals surface area contributed by atoms with Crippen molar-refractivity contribution < 1.29 is 97.6 Å². The maximum absolute atomic E-state index is 14.7. The molecule has 7 amide bonds. The summed E-state index contributed by atoms with van der Waals surface area (Å²) < 4.78 is 20.4. The fraction of sp³-hybridized carbons (Fsp3) is 0.534. The van der Waals surface area contributed by atoms with Gasteiger partial charge in [0.15, 0.2) is 11.5 Å². The van der Waals surface area contributed by atoms with E-state index in [4.69, 9.17) is 24.6 Å². The second-order valence-corrected chi connectivity index (χ2v) is 23.7. The summed E-state index contributed by atoms with van der Waals surface area (Å²) in [6, 6.07) is 6.02. The molecule has 4 aromatic rings. The van der Waals surface area contributed by atoms with Gasteiger partial charge in [-0.2, -0.15) is 0 Å². The molecule has 0 unspecified atom stereocenters. The molecule has 1 aromatic heterocycles. The Labute approximate surface area is 526 Å². The van der Waals surface area contributed by atoms with Gasteiger partial charge in [-0.25, -0.2) is 5.26 Å². The lowest BCUT2D eigenvalue weighted by Gasteiger charge is -2.34. The number of nitrogens with two attached hydrogens (primary N) is 1. The van der Waals surface area contributed by atoms with Gasteiger partial charge in [0.05, 0.1) is 43.2 Å². The number of aromatic nitrogens is 2. The summed E-state index contributed by atoms with van der Waals surface area (Å²) in [6.07, 6.45) is -7.00. The second-order valence-electron chi connectivity index (χ2n) is 22.3. The molecule has 3 aliphatic heterocycles. The van der Waals surface area contributed by atoms with E-state index in [2.05, 4.69) is 46.2 Å². The van der Waals surface area contributed by atoms with Gasteiger partial charge in [-0.1, -0.05) is 65.1 Å².